The highest BCUT2D eigenvalue weighted by Crippen LogP contribution is 2.43. The van der Waals surface area contributed by atoms with Crippen LogP contribution in [0.3, 0.4) is 0 Å². The number of H-pyrrole nitrogens is 2. The Hall–Kier alpha value is -3.91. The number of carbonyl (C=O) groups is 1. The van der Waals surface area contributed by atoms with Gasteiger partial charge in [0, 0.05) is 19.3 Å². The average Bonchev–Trinajstić information content (AvgIpc) is 3.32. The van der Waals surface area contributed by atoms with Gasteiger partial charge in [-0.25, -0.2) is 4.98 Å². The summed E-state index contributed by atoms with van der Waals surface area (Å²) in [6, 6.07) is 15.0. The summed E-state index contributed by atoms with van der Waals surface area (Å²) in [5, 5.41) is 13.7. The maximum atomic E-state index is 12.8. The molecule has 0 saturated heterocycles. The van der Waals surface area contributed by atoms with E-state index in [2.05, 4.69) is 15.3 Å². The van der Waals surface area contributed by atoms with Gasteiger partial charge in [0.15, 0.2) is 0 Å². The molecule has 8 nitrogen and oxygen atoms in total. The molecule has 0 unspecified atom stereocenters. The number of rotatable bonds is 6. The third-order valence-electron chi connectivity index (χ3n) is 6.53. The minimum atomic E-state index is -0.730. The van der Waals surface area contributed by atoms with Crippen LogP contribution >= 0.6 is 0 Å². The monoisotopic (exact) mass is 457 g/mol. The number of aliphatic hydroxyl groups is 1. The number of nitrogens with one attached hydrogen (secondary N) is 3. The quantitative estimate of drug-likeness (QED) is 0.352. The summed E-state index contributed by atoms with van der Waals surface area (Å²) in [6.07, 6.45) is 0.833. The van der Waals surface area contributed by atoms with Crippen molar-refractivity contribution in [2.45, 2.75) is 32.3 Å². The normalized spacial score (nSPS) is 15.5. The van der Waals surface area contributed by atoms with Gasteiger partial charge in [0.25, 0.3) is 5.56 Å². The Balaban J connectivity index is 1.52. The number of aromatic amines is 2. The second-order valence-electron chi connectivity index (χ2n) is 9.05. The Morgan fingerprint density at radius 3 is 2.65 bits per heavy atom. The van der Waals surface area contributed by atoms with Crippen molar-refractivity contribution in [3.63, 3.8) is 0 Å². The molecule has 3 heterocycles. The van der Waals surface area contributed by atoms with Crippen LogP contribution in [-0.2, 0) is 10.2 Å². The topological polar surface area (TPSA) is 114 Å². The lowest BCUT2D eigenvalue weighted by Crippen LogP contribution is -2.35. The molecule has 34 heavy (non-hydrogen) atoms. The molecule has 4 aromatic rings. The Labute approximate surface area is 196 Å². The smallest absolute Gasteiger partial charge is 0.261 e. The van der Waals surface area contributed by atoms with Crippen LogP contribution in [0.1, 0.15) is 38.0 Å². The fraction of sp³-hybridized carbons (Fsp3) is 0.269. The first-order valence-electron chi connectivity index (χ1n) is 11.4. The molecule has 1 atom stereocenters. The van der Waals surface area contributed by atoms with Gasteiger partial charge in [-0.15, -0.1) is 0 Å². The van der Waals surface area contributed by atoms with Gasteiger partial charge in [0.2, 0.25) is 5.91 Å². The van der Waals surface area contributed by atoms with Crippen LogP contribution < -0.4 is 15.8 Å². The number of amides is 1. The molecule has 0 radical (unpaired) electrons. The lowest BCUT2D eigenvalue weighted by atomic mass is 9.86. The molecule has 0 saturated carbocycles. The highest BCUT2D eigenvalue weighted by atomic mass is 16.3. The van der Waals surface area contributed by atoms with E-state index in [0.717, 1.165) is 22.3 Å². The first kappa shape index (κ1) is 21.9. The maximum absolute atomic E-state index is 12.8. The lowest BCUT2D eigenvalue weighted by molar-refractivity contribution is -0.122. The number of fused-ring (bicyclic) bond motifs is 2. The molecule has 174 valence electrons. The van der Waals surface area contributed by atoms with Crippen molar-refractivity contribution in [1.82, 2.24) is 15.0 Å². The van der Waals surface area contributed by atoms with Crippen molar-refractivity contribution in [3.8, 4) is 11.4 Å². The number of anilines is 2. The zero-order chi connectivity index (χ0) is 24.0. The molecule has 0 spiro atoms. The first-order valence-corrected chi connectivity index (χ1v) is 11.4. The second-order valence-corrected chi connectivity index (χ2v) is 9.05. The standard InChI is InChI=1S/C26H27N5O3/c1-4-31-20-13-19-18(12-16(20)26(2,3)25(31)34)29-23(30-19)22-17(10-11-27-24(22)33)28-14-21(32)15-8-6-5-7-9-15/h5-13,21,32H,4,14H2,1-3H3,(H,29,30)(H2,27,28,33)/t21-/m1/s1. The summed E-state index contributed by atoms with van der Waals surface area (Å²) >= 11 is 0. The first-order chi connectivity index (χ1) is 16.3. The van der Waals surface area contributed by atoms with Crippen LogP contribution in [0.25, 0.3) is 22.4 Å². The van der Waals surface area contributed by atoms with Gasteiger partial charge in [-0.05, 0) is 50.1 Å². The Kier molecular flexibility index (Phi) is 5.25. The Bertz CT molecular complexity index is 1440. The van der Waals surface area contributed by atoms with Crippen LogP contribution in [0.4, 0.5) is 11.4 Å². The number of imidazole rings is 1. The summed E-state index contributed by atoms with van der Waals surface area (Å²) < 4.78 is 0. The SMILES string of the molecule is CCN1C(=O)C(C)(C)c2cc3[nH]c(-c4c(NC[C@@H](O)c5ccccc5)cc[nH]c4=O)nc3cc21. The third-order valence-corrected chi connectivity index (χ3v) is 6.53. The number of nitrogens with zero attached hydrogens (tertiary/aromatic N) is 2. The van der Waals surface area contributed by atoms with Gasteiger partial charge >= 0.3 is 0 Å². The maximum Gasteiger partial charge on any atom is 0.261 e. The van der Waals surface area contributed by atoms with Gasteiger partial charge in [-0.3, -0.25) is 9.59 Å². The number of carbonyl (C=O) groups excluding carboxylic acids is 1. The molecule has 0 aliphatic carbocycles. The minimum absolute atomic E-state index is 0.0702. The van der Waals surface area contributed by atoms with Crippen LogP contribution in [-0.4, -0.2) is 39.1 Å². The van der Waals surface area contributed by atoms with Crippen molar-refractivity contribution in [3.05, 3.63) is 76.2 Å². The summed E-state index contributed by atoms with van der Waals surface area (Å²) in [5.41, 5.74) is 4.02. The highest BCUT2D eigenvalue weighted by Gasteiger charge is 2.43. The van der Waals surface area contributed by atoms with E-state index in [1.807, 2.05) is 63.2 Å². The van der Waals surface area contributed by atoms with Crippen LogP contribution in [0.5, 0.6) is 0 Å². The van der Waals surface area contributed by atoms with Crippen LogP contribution in [0, 0.1) is 0 Å². The molecule has 5 rings (SSSR count). The predicted molar refractivity (Wildman–Crippen MR) is 133 cm³/mol. The number of likely N-dealkylation sites (N-methyl/N-ethyl adjacent to an activating group) is 1. The number of aromatic nitrogens is 3. The molecular formula is C26H27N5O3. The zero-order valence-corrected chi connectivity index (χ0v) is 19.3. The van der Waals surface area contributed by atoms with Gasteiger partial charge in [0.1, 0.15) is 11.4 Å². The van der Waals surface area contributed by atoms with E-state index >= 15 is 0 Å². The van der Waals surface area contributed by atoms with E-state index in [9.17, 15) is 14.7 Å². The highest BCUT2D eigenvalue weighted by molar-refractivity contribution is 6.09. The molecule has 0 fully saturated rings. The van der Waals surface area contributed by atoms with E-state index in [1.54, 1.807) is 17.2 Å². The minimum Gasteiger partial charge on any atom is -0.387 e. The van der Waals surface area contributed by atoms with Crippen molar-refractivity contribution < 1.29 is 9.90 Å². The van der Waals surface area contributed by atoms with E-state index in [4.69, 9.17) is 4.98 Å². The molecule has 1 aliphatic heterocycles. The molecule has 1 aliphatic rings. The summed E-state index contributed by atoms with van der Waals surface area (Å²) in [6.45, 7) is 6.61. The fourth-order valence-electron chi connectivity index (χ4n) is 4.62. The number of hydrogen-bond donors (Lipinski definition) is 4. The largest absolute Gasteiger partial charge is 0.387 e. The lowest BCUT2D eigenvalue weighted by Gasteiger charge is -2.18. The van der Waals surface area contributed by atoms with Crippen LogP contribution in [0.15, 0.2) is 59.5 Å². The molecule has 1 amide bonds. The Morgan fingerprint density at radius 2 is 1.91 bits per heavy atom. The number of hydrogen-bond acceptors (Lipinski definition) is 5. The third kappa shape index (κ3) is 3.47. The van der Waals surface area contributed by atoms with Crippen LogP contribution in [0.2, 0.25) is 0 Å². The number of pyridine rings is 1. The molecular weight excluding hydrogens is 430 g/mol. The van der Waals surface area contributed by atoms with Gasteiger partial charge in [-0.2, -0.15) is 0 Å². The second kappa shape index (κ2) is 8.14. The van der Waals surface area contributed by atoms with Gasteiger partial charge in [-0.1, -0.05) is 30.3 Å². The van der Waals surface area contributed by atoms with Crippen molar-refractivity contribution in [2.75, 3.05) is 23.3 Å². The molecule has 2 aromatic heterocycles. The summed E-state index contributed by atoms with van der Waals surface area (Å²) in [7, 11) is 0. The number of aliphatic hydroxyl groups excluding tert-OH is 1. The molecule has 4 N–H and O–H groups in total. The van der Waals surface area contributed by atoms with E-state index in [-0.39, 0.29) is 18.0 Å². The molecule has 8 heteroatoms. The summed E-state index contributed by atoms with van der Waals surface area (Å²) in [4.78, 5) is 38.1. The van der Waals surface area contributed by atoms with Gasteiger partial charge < -0.3 is 25.3 Å². The predicted octanol–water partition coefficient (Wildman–Crippen LogP) is 3.71. The molecule has 0 bridgehead atoms. The fourth-order valence-corrected chi connectivity index (χ4v) is 4.62. The van der Waals surface area contributed by atoms with Crippen molar-refractivity contribution in [1.29, 1.82) is 0 Å². The summed E-state index contributed by atoms with van der Waals surface area (Å²) in [5.74, 6) is 0.491. The average molecular weight is 458 g/mol. The Morgan fingerprint density at radius 1 is 1.15 bits per heavy atom. The van der Waals surface area contributed by atoms with Gasteiger partial charge in [0.05, 0.1) is 33.9 Å². The van der Waals surface area contributed by atoms with E-state index in [0.29, 0.717) is 29.1 Å². The van der Waals surface area contributed by atoms with Crippen molar-refractivity contribution >= 4 is 28.3 Å². The number of benzene rings is 2. The van der Waals surface area contributed by atoms with Crippen molar-refractivity contribution in [2.24, 2.45) is 0 Å². The van der Waals surface area contributed by atoms with E-state index < -0.39 is 11.5 Å². The zero-order valence-electron chi connectivity index (χ0n) is 19.3. The van der Waals surface area contributed by atoms with E-state index in [1.165, 1.54) is 0 Å². The molecule has 2 aromatic carbocycles.